The Labute approximate surface area is 128 Å². The Morgan fingerprint density at radius 3 is 2.23 bits per heavy atom. The van der Waals surface area contributed by atoms with Crippen LogP contribution < -0.4 is 5.73 Å². The molecule has 1 aliphatic carbocycles. The van der Waals surface area contributed by atoms with Gasteiger partial charge in [0.25, 0.3) is 0 Å². The van der Waals surface area contributed by atoms with Crippen LogP contribution in [-0.4, -0.2) is 30.9 Å². The second-order valence-electron chi connectivity index (χ2n) is 6.13. The van der Waals surface area contributed by atoms with Crippen LogP contribution in [0.5, 0.6) is 0 Å². The Hall–Kier alpha value is -1.56. The zero-order valence-corrected chi connectivity index (χ0v) is 12.8. The van der Waals surface area contributed by atoms with E-state index in [9.17, 15) is 18.0 Å². The zero-order valence-electron chi connectivity index (χ0n) is 12.8. The summed E-state index contributed by atoms with van der Waals surface area (Å²) in [7, 11) is 3.99. The van der Waals surface area contributed by atoms with E-state index in [0.29, 0.717) is 6.04 Å². The molecule has 2 rings (SSSR count). The normalized spacial score (nSPS) is 22.8. The number of alkyl halides is 3. The third-order valence-corrected chi connectivity index (χ3v) is 4.51. The lowest BCUT2D eigenvalue weighted by Gasteiger charge is -2.33. The molecule has 1 saturated carbocycles. The van der Waals surface area contributed by atoms with Crippen LogP contribution in [0.2, 0.25) is 0 Å². The Kier molecular flexibility index (Phi) is 4.80. The van der Waals surface area contributed by atoms with E-state index >= 15 is 0 Å². The highest BCUT2D eigenvalue weighted by atomic mass is 19.4. The van der Waals surface area contributed by atoms with Crippen LogP contribution in [0.25, 0.3) is 0 Å². The fourth-order valence-electron chi connectivity index (χ4n) is 3.21. The maximum Gasteiger partial charge on any atom is 0.416 e. The lowest BCUT2D eigenvalue weighted by molar-refractivity contribution is -0.138. The summed E-state index contributed by atoms with van der Waals surface area (Å²) in [6.45, 7) is 0. The van der Waals surface area contributed by atoms with Gasteiger partial charge in [0, 0.05) is 11.6 Å². The summed E-state index contributed by atoms with van der Waals surface area (Å²) in [5, 5.41) is 0. The van der Waals surface area contributed by atoms with Gasteiger partial charge in [-0.15, -0.1) is 0 Å². The van der Waals surface area contributed by atoms with Crippen molar-refractivity contribution in [1.29, 1.82) is 0 Å². The lowest BCUT2D eigenvalue weighted by Crippen LogP contribution is -2.32. The average molecular weight is 314 g/mol. The molecule has 1 aromatic rings. The van der Waals surface area contributed by atoms with Crippen molar-refractivity contribution in [2.45, 2.75) is 43.8 Å². The van der Waals surface area contributed by atoms with Gasteiger partial charge in [-0.05, 0) is 63.4 Å². The molecule has 3 nitrogen and oxygen atoms in total. The molecule has 0 saturated heterocycles. The van der Waals surface area contributed by atoms with Gasteiger partial charge >= 0.3 is 6.18 Å². The van der Waals surface area contributed by atoms with Gasteiger partial charge in [0.05, 0.1) is 5.56 Å². The number of carbonyl (C=O) groups is 1. The first-order valence-corrected chi connectivity index (χ1v) is 7.37. The number of amides is 1. The smallest absolute Gasteiger partial charge is 0.366 e. The lowest BCUT2D eigenvalue weighted by atomic mass is 9.79. The number of carbonyl (C=O) groups excluding carboxylic acids is 1. The van der Waals surface area contributed by atoms with Gasteiger partial charge in [0.15, 0.2) is 0 Å². The molecule has 22 heavy (non-hydrogen) atoms. The van der Waals surface area contributed by atoms with E-state index in [1.165, 1.54) is 12.1 Å². The van der Waals surface area contributed by atoms with E-state index < -0.39 is 17.6 Å². The Bertz CT molecular complexity index is 547. The maximum absolute atomic E-state index is 13.3. The van der Waals surface area contributed by atoms with Gasteiger partial charge in [-0.25, -0.2) is 0 Å². The van der Waals surface area contributed by atoms with Crippen LogP contribution >= 0.6 is 0 Å². The van der Waals surface area contributed by atoms with Gasteiger partial charge in [-0.3, -0.25) is 4.79 Å². The fourth-order valence-corrected chi connectivity index (χ4v) is 3.21. The maximum atomic E-state index is 13.3. The number of hydrogen-bond donors (Lipinski definition) is 1. The molecular formula is C16H21F3N2O. The molecule has 0 aliphatic heterocycles. The fraction of sp³-hybridized carbons (Fsp3) is 0.562. The third kappa shape index (κ3) is 3.61. The molecule has 0 atom stereocenters. The Morgan fingerprint density at radius 1 is 1.18 bits per heavy atom. The summed E-state index contributed by atoms with van der Waals surface area (Å²) in [6.07, 6.45) is -1.26. The van der Waals surface area contributed by atoms with Gasteiger partial charge in [-0.2, -0.15) is 13.2 Å². The van der Waals surface area contributed by atoms with Crippen molar-refractivity contribution in [2.24, 2.45) is 5.73 Å². The molecule has 1 fully saturated rings. The second-order valence-corrected chi connectivity index (χ2v) is 6.13. The first kappa shape index (κ1) is 16.8. The highest BCUT2D eigenvalue weighted by Crippen LogP contribution is 2.41. The van der Waals surface area contributed by atoms with Crippen LogP contribution in [0, 0.1) is 0 Å². The summed E-state index contributed by atoms with van der Waals surface area (Å²) in [5.41, 5.74) is 4.56. The van der Waals surface area contributed by atoms with Crippen molar-refractivity contribution >= 4 is 5.91 Å². The number of primary amides is 1. The summed E-state index contributed by atoms with van der Waals surface area (Å²) in [6, 6.07) is 4.12. The van der Waals surface area contributed by atoms with Crippen LogP contribution in [0.15, 0.2) is 18.2 Å². The second kappa shape index (κ2) is 6.28. The highest BCUT2D eigenvalue weighted by Gasteiger charge is 2.36. The number of nitrogens with two attached hydrogens (primary N) is 1. The topological polar surface area (TPSA) is 46.3 Å². The molecule has 6 heteroatoms. The first-order valence-electron chi connectivity index (χ1n) is 7.37. The van der Waals surface area contributed by atoms with Crippen molar-refractivity contribution in [3.8, 4) is 0 Å². The third-order valence-electron chi connectivity index (χ3n) is 4.51. The van der Waals surface area contributed by atoms with Crippen molar-refractivity contribution in [1.82, 2.24) is 4.90 Å². The van der Waals surface area contributed by atoms with E-state index in [4.69, 9.17) is 5.73 Å². The average Bonchev–Trinajstić information content (AvgIpc) is 2.45. The van der Waals surface area contributed by atoms with Crippen LogP contribution in [0.4, 0.5) is 13.2 Å². The van der Waals surface area contributed by atoms with E-state index in [1.54, 1.807) is 0 Å². The monoisotopic (exact) mass is 314 g/mol. The van der Waals surface area contributed by atoms with Gasteiger partial charge in [-0.1, -0.05) is 6.07 Å². The number of halogens is 3. The molecule has 1 aliphatic rings. The van der Waals surface area contributed by atoms with Crippen molar-refractivity contribution in [2.75, 3.05) is 14.1 Å². The van der Waals surface area contributed by atoms with Crippen molar-refractivity contribution in [3.63, 3.8) is 0 Å². The van der Waals surface area contributed by atoms with Crippen molar-refractivity contribution < 1.29 is 18.0 Å². The predicted octanol–water partition coefficient (Wildman–Crippen LogP) is 3.39. The molecule has 0 aromatic heterocycles. The number of benzene rings is 1. The summed E-state index contributed by atoms with van der Waals surface area (Å²) >= 11 is 0. The molecule has 0 heterocycles. The predicted molar refractivity (Wildman–Crippen MR) is 78.6 cm³/mol. The Morgan fingerprint density at radius 2 is 1.77 bits per heavy atom. The molecule has 0 spiro atoms. The molecule has 0 bridgehead atoms. The molecule has 2 N–H and O–H groups in total. The van der Waals surface area contributed by atoms with Crippen LogP contribution in [-0.2, 0) is 6.18 Å². The standard InChI is InChI=1S/C16H21F3N2O/c1-21(2)12-6-3-10(4-7-12)13-8-5-11(15(20)22)9-14(13)16(17,18)19/h5,8-10,12H,3-4,6-7H2,1-2H3,(H2,20,22). The minimum Gasteiger partial charge on any atom is -0.366 e. The van der Waals surface area contributed by atoms with E-state index in [2.05, 4.69) is 4.90 Å². The summed E-state index contributed by atoms with van der Waals surface area (Å²) in [5.74, 6) is -0.955. The van der Waals surface area contributed by atoms with Crippen LogP contribution in [0.1, 0.15) is 53.1 Å². The summed E-state index contributed by atoms with van der Waals surface area (Å²) in [4.78, 5) is 13.3. The minimum absolute atomic E-state index is 0.0990. The molecular weight excluding hydrogens is 293 g/mol. The van der Waals surface area contributed by atoms with E-state index in [1.807, 2.05) is 14.1 Å². The molecule has 1 aromatic carbocycles. The highest BCUT2D eigenvalue weighted by molar-refractivity contribution is 5.93. The van der Waals surface area contributed by atoms with Gasteiger partial charge in [0.1, 0.15) is 0 Å². The van der Waals surface area contributed by atoms with E-state index in [0.717, 1.165) is 31.7 Å². The van der Waals surface area contributed by atoms with Gasteiger partial charge < -0.3 is 10.6 Å². The molecule has 1 amide bonds. The molecule has 0 unspecified atom stereocenters. The van der Waals surface area contributed by atoms with Gasteiger partial charge in [0.2, 0.25) is 5.91 Å². The number of hydrogen-bond acceptors (Lipinski definition) is 2. The van der Waals surface area contributed by atoms with Crippen molar-refractivity contribution in [3.05, 3.63) is 34.9 Å². The summed E-state index contributed by atoms with van der Waals surface area (Å²) < 4.78 is 39.9. The Balaban J connectivity index is 2.29. The molecule has 0 radical (unpaired) electrons. The number of nitrogens with zero attached hydrogens (tertiary/aromatic N) is 1. The zero-order chi connectivity index (χ0) is 16.5. The SMILES string of the molecule is CN(C)C1CCC(c2ccc(C(N)=O)cc2C(F)(F)F)CC1. The number of rotatable bonds is 3. The first-order chi connectivity index (χ1) is 10.2. The molecule has 122 valence electrons. The van der Waals surface area contributed by atoms with E-state index in [-0.39, 0.29) is 17.0 Å². The minimum atomic E-state index is -4.47. The quantitative estimate of drug-likeness (QED) is 0.929. The van der Waals surface area contributed by atoms with Crippen LogP contribution in [0.3, 0.4) is 0 Å². The largest absolute Gasteiger partial charge is 0.416 e.